The summed E-state index contributed by atoms with van der Waals surface area (Å²) in [5.74, 6) is -0.0354. The Balaban J connectivity index is 2.08. The third-order valence-corrected chi connectivity index (χ3v) is 5.90. The molecule has 2 aromatic carbocycles. The predicted molar refractivity (Wildman–Crippen MR) is 104 cm³/mol. The maximum Gasteiger partial charge on any atom is 0.339 e. The van der Waals surface area contributed by atoms with Crippen molar-refractivity contribution in [2.24, 2.45) is 0 Å². The minimum atomic E-state index is -3.86. The van der Waals surface area contributed by atoms with Gasteiger partial charge in [0.05, 0.1) is 28.6 Å². The molecule has 8 heteroatoms. The Kier molecular flexibility index (Phi) is 6.86. The molecule has 0 unspecified atom stereocenters. The van der Waals surface area contributed by atoms with E-state index in [4.69, 9.17) is 16.3 Å². The highest BCUT2D eigenvalue weighted by molar-refractivity contribution is 7.89. The molecular weight excluding hydrogens is 390 g/mol. The molecule has 0 aromatic heterocycles. The van der Waals surface area contributed by atoms with Crippen molar-refractivity contribution in [2.75, 3.05) is 13.7 Å². The molecule has 0 aliphatic heterocycles. The van der Waals surface area contributed by atoms with Crippen LogP contribution in [0.15, 0.2) is 41.3 Å². The number of sulfonamides is 1. The van der Waals surface area contributed by atoms with Crippen molar-refractivity contribution in [1.82, 2.24) is 4.72 Å². The lowest BCUT2D eigenvalue weighted by Crippen LogP contribution is -2.36. The van der Waals surface area contributed by atoms with E-state index in [-0.39, 0.29) is 22.1 Å². The van der Waals surface area contributed by atoms with E-state index in [1.54, 1.807) is 6.92 Å². The van der Waals surface area contributed by atoms with Crippen LogP contribution in [0, 0.1) is 13.8 Å². The Morgan fingerprint density at radius 3 is 2.48 bits per heavy atom. The van der Waals surface area contributed by atoms with Crippen molar-refractivity contribution in [2.45, 2.75) is 31.7 Å². The number of hydrogen-bond donors (Lipinski definition) is 1. The molecule has 1 atom stereocenters. The second-order valence-electron chi connectivity index (χ2n) is 6.21. The lowest BCUT2D eigenvalue weighted by molar-refractivity contribution is 0.0600. The van der Waals surface area contributed by atoms with E-state index in [0.717, 1.165) is 11.1 Å². The Morgan fingerprint density at radius 2 is 1.85 bits per heavy atom. The molecule has 6 nitrogen and oxygen atoms in total. The van der Waals surface area contributed by atoms with Crippen LogP contribution in [0.25, 0.3) is 0 Å². The molecule has 0 fully saturated rings. The van der Waals surface area contributed by atoms with Crippen LogP contribution >= 0.6 is 11.6 Å². The summed E-state index contributed by atoms with van der Waals surface area (Å²) in [6.07, 6.45) is 0. The Morgan fingerprint density at radius 1 is 1.15 bits per heavy atom. The number of nitrogens with one attached hydrogen (secondary N) is 1. The van der Waals surface area contributed by atoms with Gasteiger partial charge in [0.2, 0.25) is 10.0 Å². The molecule has 0 amide bonds. The second kappa shape index (κ2) is 8.73. The second-order valence-corrected chi connectivity index (χ2v) is 8.33. The zero-order valence-electron chi connectivity index (χ0n) is 15.6. The number of esters is 1. The lowest BCUT2D eigenvalue weighted by atomic mass is 10.1. The molecule has 0 aliphatic rings. The SMILES string of the molecule is COC(=O)c1cc(S(=O)(=O)N[C@H](C)COc2ccc(C)c(C)c2)ccc1Cl. The molecule has 1 N–H and O–H groups in total. The molecule has 0 aliphatic carbocycles. The van der Waals surface area contributed by atoms with Crippen molar-refractivity contribution in [3.63, 3.8) is 0 Å². The van der Waals surface area contributed by atoms with E-state index in [0.29, 0.717) is 5.75 Å². The van der Waals surface area contributed by atoms with E-state index >= 15 is 0 Å². The van der Waals surface area contributed by atoms with Crippen LogP contribution < -0.4 is 9.46 Å². The molecular formula is C19H22ClNO5S. The van der Waals surface area contributed by atoms with Crippen molar-refractivity contribution >= 4 is 27.6 Å². The number of carbonyl (C=O) groups is 1. The zero-order chi connectivity index (χ0) is 20.2. The molecule has 27 heavy (non-hydrogen) atoms. The largest absolute Gasteiger partial charge is 0.492 e. The maximum absolute atomic E-state index is 12.6. The van der Waals surface area contributed by atoms with E-state index in [1.807, 2.05) is 32.0 Å². The van der Waals surface area contributed by atoms with Gasteiger partial charge in [0.25, 0.3) is 0 Å². The predicted octanol–water partition coefficient (Wildman–Crippen LogP) is 3.49. The van der Waals surface area contributed by atoms with Crippen molar-refractivity contribution in [3.8, 4) is 5.75 Å². The normalized spacial score (nSPS) is 12.5. The molecule has 0 heterocycles. The first kappa shape index (κ1) is 21.2. The Hall–Kier alpha value is -2.09. The number of ether oxygens (including phenoxy) is 2. The van der Waals surface area contributed by atoms with Gasteiger partial charge in [-0.1, -0.05) is 17.7 Å². The number of benzene rings is 2. The molecule has 0 radical (unpaired) electrons. The standard InChI is InChI=1S/C19H22ClNO5S/c1-12-5-6-15(9-13(12)2)26-11-14(3)21-27(23,24)16-7-8-18(20)17(10-16)19(22)25-4/h5-10,14,21H,11H2,1-4H3/t14-/m1/s1. The quantitative estimate of drug-likeness (QED) is 0.705. The number of carbonyl (C=O) groups excluding carboxylic acids is 1. The first-order chi connectivity index (χ1) is 12.6. The van der Waals surface area contributed by atoms with Crippen LogP contribution in [0.1, 0.15) is 28.4 Å². The minimum absolute atomic E-state index is 0.0129. The zero-order valence-corrected chi connectivity index (χ0v) is 17.1. The fourth-order valence-electron chi connectivity index (χ4n) is 2.33. The van der Waals surface area contributed by atoms with Crippen molar-refractivity contribution < 1.29 is 22.7 Å². The lowest BCUT2D eigenvalue weighted by Gasteiger charge is -2.16. The smallest absolute Gasteiger partial charge is 0.339 e. The minimum Gasteiger partial charge on any atom is -0.492 e. The van der Waals surface area contributed by atoms with Gasteiger partial charge in [-0.15, -0.1) is 0 Å². The van der Waals surface area contributed by atoms with Gasteiger partial charge in [-0.2, -0.15) is 0 Å². The fraction of sp³-hybridized carbons (Fsp3) is 0.316. The first-order valence-electron chi connectivity index (χ1n) is 8.24. The van der Waals surface area contributed by atoms with Crippen LogP contribution in [0.4, 0.5) is 0 Å². The highest BCUT2D eigenvalue weighted by Crippen LogP contribution is 2.22. The Labute approximate surface area is 164 Å². The van der Waals surface area contributed by atoms with Gasteiger partial charge in [-0.05, 0) is 62.2 Å². The van der Waals surface area contributed by atoms with E-state index in [2.05, 4.69) is 9.46 Å². The number of halogens is 1. The summed E-state index contributed by atoms with van der Waals surface area (Å²) >= 11 is 5.93. The van der Waals surface area contributed by atoms with Crippen LogP contribution in [0.2, 0.25) is 5.02 Å². The summed E-state index contributed by atoms with van der Waals surface area (Å²) in [4.78, 5) is 11.6. The molecule has 0 bridgehead atoms. The topological polar surface area (TPSA) is 81.7 Å². The fourth-order valence-corrected chi connectivity index (χ4v) is 3.78. The number of aryl methyl sites for hydroxylation is 2. The van der Waals surface area contributed by atoms with Gasteiger partial charge in [0.15, 0.2) is 0 Å². The summed E-state index contributed by atoms with van der Waals surface area (Å²) in [7, 11) is -2.66. The van der Waals surface area contributed by atoms with Crippen molar-refractivity contribution in [1.29, 1.82) is 0 Å². The van der Waals surface area contributed by atoms with Gasteiger partial charge in [-0.25, -0.2) is 17.9 Å². The van der Waals surface area contributed by atoms with Gasteiger partial charge < -0.3 is 9.47 Å². The van der Waals surface area contributed by atoms with Gasteiger partial charge in [0, 0.05) is 0 Å². The van der Waals surface area contributed by atoms with Crippen LogP contribution in [-0.2, 0) is 14.8 Å². The average Bonchev–Trinajstić information content (AvgIpc) is 2.62. The molecule has 2 aromatic rings. The van der Waals surface area contributed by atoms with Gasteiger partial charge in [0.1, 0.15) is 12.4 Å². The molecule has 0 spiro atoms. The van der Waals surface area contributed by atoms with Crippen LogP contribution in [-0.4, -0.2) is 34.1 Å². The van der Waals surface area contributed by atoms with Crippen LogP contribution in [0.5, 0.6) is 5.75 Å². The summed E-state index contributed by atoms with van der Waals surface area (Å²) in [5.41, 5.74) is 2.23. The summed E-state index contributed by atoms with van der Waals surface area (Å²) < 4.78 is 37.9. The average molecular weight is 412 g/mol. The highest BCUT2D eigenvalue weighted by Gasteiger charge is 2.21. The van der Waals surface area contributed by atoms with Crippen molar-refractivity contribution in [3.05, 3.63) is 58.1 Å². The number of hydrogen-bond acceptors (Lipinski definition) is 5. The molecule has 146 valence electrons. The van der Waals surface area contributed by atoms with Gasteiger partial charge >= 0.3 is 5.97 Å². The number of rotatable bonds is 7. The molecule has 0 saturated carbocycles. The monoisotopic (exact) mass is 411 g/mol. The van der Waals surface area contributed by atoms with E-state index < -0.39 is 22.0 Å². The summed E-state index contributed by atoms with van der Waals surface area (Å²) in [5, 5.41) is 0.118. The van der Waals surface area contributed by atoms with Crippen LogP contribution in [0.3, 0.4) is 0 Å². The van der Waals surface area contributed by atoms with E-state index in [1.165, 1.54) is 25.3 Å². The molecule has 2 rings (SSSR count). The van der Waals surface area contributed by atoms with E-state index in [9.17, 15) is 13.2 Å². The maximum atomic E-state index is 12.6. The Bertz CT molecular complexity index is 943. The summed E-state index contributed by atoms with van der Waals surface area (Å²) in [6, 6.07) is 9.06. The number of methoxy groups -OCH3 is 1. The third-order valence-electron chi connectivity index (χ3n) is 3.99. The first-order valence-corrected chi connectivity index (χ1v) is 10.1. The van der Waals surface area contributed by atoms with Gasteiger partial charge in [-0.3, -0.25) is 0 Å². The molecule has 0 saturated heterocycles. The third kappa shape index (κ3) is 5.45. The highest BCUT2D eigenvalue weighted by atomic mass is 35.5. The summed E-state index contributed by atoms with van der Waals surface area (Å²) in [6.45, 7) is 5.83.